The summed E-state index contributed by atoms with van der Waals surface area (Å²) in [6, 6.07) is 7.96. The molecule has 2 N–H and O–H groups in total. The Kier molecular flexibility index (Phi) is 8.25. The van der Waals surface area contributed by atoms with Crippen molar-refractivity contribution >= 4 is 50.6 Å². The summed E-state index contributed by atoms with van der Waals surface area (Å²) in [5.74, 6) is 1.58. The van der Waals surface area contributed by atoms with Crippen LogP contribution in [0.1, 0.15) is 12.0 Å². The number of benzene rings is 1. The van der Waals surface area contributed by atoms with Gasteiger partial charge in [0, 0.05) is 36.0 Å². The fraction of sp³-hybridized carbons (Fsp3) is 0.312. The van der Waals surface area contributed by atoms with E-state index in [-0.39, 0.29) is 23.8 Å². The normalized spacial score (nSPS) is 11.4. The van der Waals surface area contributed by atoms with Gasteiger partial charge in [0.1, 0.15) is 0 Å². The standard InChI is InChI=1S/C16H19ClN2O3S3/c17-14-1-3-15(4-2-14)25(21,22)19-7-5-16(20)18-8-10-24-12-13-6-9-23-11-13/h1-4,6,9,11,19H,5,7-8,10,12H2,(H,18,20). The number of rotatable bonds is 10. The lowest BCUT2D eigenvalue weighted by molar-refractivity contribution is -0.120. The number of carbonyl (C=O) groups excluding carboxylic acids is 1. The lowest BCUT2D eigenvalue weighted by Crippen LogP contribution is -2.31. The van der Waals surface area contributed by atoms with Gasteiger partial charge in [0.05, 0.1) is 4.90 Å². The maximum absolute atomic E-state index is 12.0. The van der Waals surface area contributed by atoms with Gasteiger partial charge in [0.15, 0.2) is 0 Å². The van der Waals surface area contributed by atoms with Crippen LogP contribution in [0, 0.1) is 0 Å². The molecule has 1 aromatic carbocycles. The molecule has 0 spiro atoms. The molecule has 0 aliphatic heterocycles. The van der Waals surface area contributed by atoms with Gasteiger partial charge in [-0.15, -0.1) is 0 Å². The minimum absolute atomic E-state index is 0.0544. The summed E-state index contributed by atoms with van der Waals surface area (Å²) in [7, 11) is -3.62. The number of carbonyl (C=O) groups is 1. The number of hydrogen-bond donors (Lipinski definition) is 2. The van der Waals surface area contributed by atoms with Gasteiger partial charge in [0.25, 0.3) is 0 Å². The van der Waals surface area contributed by atoms with E-state index in [1.807, 2.05) is 5.38 Å². The maximum Gasteiger partial charge on any atom is 0.240 e. The van der Waals surface area contributed by atoms with Crippen LogP contribution >= 0.6 is 34.7 Å². The molecule has 0 aliphatic rings. The summed E-state index contributed by atoms with van der Waals surface area (Å²) in [4.78, 5) is 11.9. The Morgan fingerprint density at radius 3 is 2.60 bits per heavy atom. The van der Waals surface area contributed by atoms with Crippen LogP contribution in [0.3, 0.4) is 0 Å². The van der Waals surface area contributed by atoms with Gasteiger partial charge in [-0.1, -0.05) is 11.6 Å². The zero-order valence-electron chi connectivity index (χ0n) is 13.4. The third-order valence-electron chi connectivity index (χ3n) is 3.19. The first-order valence-corrected chi connectivity index (χ1v) is 11.5. The Labute approximate surface area is 161 Å². The molecule has 25 heavy (non-hydrogen) atoms. The largest absolute Gasteiger partial charge is 0.355 e. The second kappa shape index (κ2) is 10.2. The molecule has 0 aliphatic carbocycles. The van der Waals surface area contributed by atoms with Crippen molar-refractivity contribution in [3.63, 3.8) is 0 Å². The van der Waals surface area contributed by atoms with Crippen LogP contribution < -0.4 is 10.0 Å². The third kappa shape index (κ3) is 7.37. The van der Waals surface area contributed by atoms with Crippen LogP contribution in [0.15, 0.2) is 46.0 Å². The van der Waals surface area contributed by atoms with E-state index in [2.05, 4.69) is 21.5 Å². The molecule has 1 heterocycles. The first-order valence-electron chi connectivity index (χ1n) is 7.58. The van der Waals surface area contributed by atoms with E-state index >= 15 is 0 Å². The number of nitrogens with one attached hydrogen (secondary N) is 2. The lowest BCUT2D eigenvalue weighted by atomic mass is 10.4. The summed E-state index contributed by atoms with van der Waals surface area (Å²) < 4.78 is 26.5. The molecule has 9 heteroatoms. The van der Waals surface area contributed by atoms with Gasteiger partial charge in [-0.2, -0.15) is 23.1 Å². The zero-order chi connectivity index (χ0) is 18.1. The quantitative estimate of drug-likeness (QED) is 0.581. The Bertz CT molecular complexity index is 762. The van der Waals surface area contributed by atoms with Crippen LogP contribution in [-0.2, 0) is 20.6 Å². The fourth-order valence-corrected chi connectivity index (χ4v) is 4.65. The topological polar surface area (TPSA) is 75.3 Å². The number of thiophene rings is 1. The lowest BCUT2D eigenvalue weighted by Gasteiger charge is -2.08. The maximum atomic E-state index is 12.0. The molecule has 2 aromatic rings. The second-order valence-electron chi connectivity index (χ2n) is 5.14. The van der Waals surface area contributed by atoms with Crippen molar-refractivity contribution in [1.29, 1.82) is 0 Å². The summed E-state index contributed by atoms with van der Waals surface area (Å²) in [6.07, 6.45) is 0.0992. The molecule has 0 unspecified atom stereocenters. The molecular formula is C16H19ClN2O3S3. The Balaban J connectivity index is 1.60. The molecule has 1 amide bonds. The molecule has 0 saturated heterocycles. The van der Waals surface area contributed by atoms with Crippen molar-refractivity contribution in [3.05, 3.63) is 51.7 Å². The minimum atomic E-state index is -3.62. The van der Waals surface area contributed by atoms with Gasteiger partial charge < -0.3 is 5.32 Å². The average molecular weight is 419 g/mol. The van der Waals surface area contributed by atoms with E-state index in [0.29, 0.717) is 11.6 Å². The zero-order valence-corrected chi connectivity index (χ0v) is 16.6. The van der Waals surface area contributed by atoms with Crippen molar-refractivity contribution in [2.75, 3.05) is 18.8 Å². The number of thioether (sulfide) groups is 1. The van der Waals surface area contributed by atoms with E-state index in [9.17, 15) is 13.2 Å². The molecule has 136 valence electrons. The number of amides is 1. The highest BCUT2D eigenvalue weighted by Gasteiger charge is 2.13. The first kappa shape index (κ1) is 20.3. The van der Waals surface area contributed by atoms with E-state index < -0.39 is 10.0 Å². The van der Waals surface area contributed by atoms with Crippen molar-refractivity contribution in [3.8, 4) is 0 Å². The average Bonchev–Trinajstić information content (AvgIpc) is 3.08. The minimum Gasteiger partial charge on any atom is -0.355 e. The highest BCUT2D eigenvalue weighted by Crippen LogP contribution is 2.14. The number of sulfonamides is 1. The molecular weight excluding hydrogens is 400 g/mol. The monoisotopic (exact) mass is 418 g/mol. The SMILES string of the molecule is O=C(CCNS(=O)(=O)c1ccc(Cl)cc1)NCCSCc1ccsc1. The van der Waals surface area contributed by atoms with Crippen molar-refractivity contribution in [1.82, 2.24) is 10.0 Å². The molecule has 5 nitrogen and oxygen atoms in total. The van der Waals surface area contributed by atoms with Crippen LogP contribution in [0.5, 0.6) is 0 Å². The fourth-order valence-electron chi connectivity index (χ4n) is 1.91. The van der Waals surface area contributed by atoms with Gasteiger partial charge >= 0.3 is 0 Å². The Morgan fingerprint density at radius 1 is 1.16 bits per heavy atom. The smallest absolute Gasteiger partial charge is 0.240 e. The summed E-state index contributed by atoms with van der Waals surface area (Å²) >= 11 is 9.16. The molecule has 1 aromatic heterocycles. The van der Waals surface area contributed by atoms with Crippen molar-refractivity contribution in [2.24, 2.45) is 0 Å². The summed E-state index contributed by atoms with van der Waals surface area (Å²) in [5, 5.41) is 7.41. The first-order chi connectivity index (χ1) is 12.0. The van der Waals surface area contributed by atoms with Crippen LogP contribution in [0.2, 0.25) is 5.02 Å². The van der Waals surface area contributed by atoms with Crippen LogP contribution in [-0.4, -0.2) is 33.2 Å². The van der Waals surface area contributed by atoms with Crippen LogP contribution in [0.25, 0.3) is 0 Å². The molecule has 0 radical (unpaired) electrons. The molecule has 0 fully saturated rings. The molecule has 0 saturated carbocycles. The highest BCUT2D eigenvalue weighted by atomic mass is 35.5. The van der Waals surface area contributed by atoms with E-state index in [4.69, 9.17) is 11.6 Å². The Morgan fingerprint density at radius 2 is 1.92 bits per heavy atom. The van der Waals surface area contributed by atoms with E-state index in [0.717, 1.165) is 11.5 Å². The summed E-state index contributed by atoms with van der Waals surface area (Å²) in [6.45, 7) is 0.621. The number of hydrogen-bond acceptors (Lipinski definition) is 5. The number of halogens is 1. The van der Waals surface area contributed by atoms with Gasteiger partial charge in [-0.05, 0) is 46.7 Å². The predicted molar refractivity (Wildman–Crippen MR) is 105 cm³/mol. The molecule has 2 rings (SSSR count). The third-order valence-corrected chi connectivity index (χ3v) is 6.68. The molecule has 0 atom stereocenters. The van der Waals surface area contributed by atoms with Crippen molar-refractivity contribution < 1.29 is 13.2 Å². The van der Waals surface area contributed by atoms with Crippen molar-refractivity contribution in [2.45, 2.75) is 17.1 Å². The predicted octanol–water partition coefficient (Wildman–Crippen LogP) is 3.12. The molecule has 0 bridgehead atoms. The van der Waals surface area contributed by atoms with E-state index in [1.165, 1.54) is 29.8 Å². The van der Waals surface area contributed by atoms with Crippen LogP contribution in [0.4, 0.5) is 0 Å². The summed E-state index contributed by atoms with van der Waals surface area (Å²) in [5.41, 5.74) is 1.29. The highest BCUT2D eigenvalue weighted by molar-refractivity contribution is 7.98. The van der Waals surface area contributed by atoms with E-state index in [1.54, 1.807) is 23.1 Å². The second-order valence-corrected chi connectivity index (χ2v) is 9.22. The Hall–Kier alpha value is -1.06. The van der Waals surface area contributed by atoms with Gasteiger partial charge in [-0.25, -0.2) is 13.1 Å². The van der Waals surface area contributed by atoms with Gasteiger partial charge in [-0.3, -0.25) is 4.79 Å². The van der Waals surface area contributed by atoms with Gasteiger partial charge in [0.2, 0.25) is 15.9 Å².